The Morgan fingerprint density at radius 2 is 1.64 bits per heavy atom. The molecule has 0 radical (unpaired) electrons. The van der Waals surface area contributed by atoms with Gasteiger partial charge in [0.25, 0.3) is 0 Å². The number of hydrogen-bond acceptors (Lipinski definition) is 6. The number of anilines is 2. The number of ketones is 1. The second-order valence-corrected chi connectivity index (χ2v) is 8.94. The van der Waals surface area contributed by atoms with E-state index in [2.05, 4.69) is 22.1 Å². The molecule has 1 N–H and O–H groups in total. The van der Waals surface area contributed by atoms with Crippen LogP contribution in [0.15, 0.2) is 103 Å². The molecule has 4 rings (SSSR count). The minimum absolute atomic E-state index is 0.113. The second kappa shape index (κ2) is 13.6. The summed E-state index contributed by atoms with van der Waals surface area (Å²) in [5.41, 5.74) is 3.50. The monoisotopic (exact) mass is 517 g/mol. The molecule has 0 fully saturated rings. The molecule has 3 aromatic carbocycles. The summed E-state index contributed by atoms with van der Waals surface area (Å²) in [5, 5.41) is 3.27. The predicted octanol–water partition coefficient (Wildman–Crippen LogP) is 5.39. The molecule has 6 heteroatoms. The SMILES string of the molecule is CCOC(=O)[C@H](Cc1ccc(C#CCN(C)c2ccccn2)cc1)Nc1ccccc1C(=O)c1ccccc1. The lowest BCUT2D eigenvalue weighted by molar-refractivity contribution is -0.144. The van der Waals surface area contributed by atoms with Gasteiger partial charge in [0.2, 0.25) is 0 Å². The summed E-state index contributed by atoms with van der Waals surface area (Å²) < 4.78 is 5.35. The Labute approximate surface area is 229 Å². The number of rotatable bonds is 10. The number of benzene rings is 3. The minimum Gasteiger partial charge on any atom is -0.464 e. The molecule has 39 heavy (non-hydrogen) atoms. The van der Waals surface area contributed by atoms with Gasteiger partial charge in [-0.3, -0.25) is 4.79 Å². The average Bonchev–Trinajstić information content (AvgIpc) is 2.98. The molecule has 0 bridgehead atoms. The van der Waals surface area contributed by atoms with Crippen LogP contribution in [0.4, 0.5) is 11.5 Å². The number of pyridine rings is 1. The van der Waals surface area contributed by atoms with Gasteiger partial charge in [0.05, 0.1) is 13.2 Å². The fourth-order valence-electron chi connectivity index (χ4n) is 4.06. The highest BCUT2D eigenvalue weighted by atomic mass is 16.5. The van der Waals surface area contributed by atoms with E-state index < -0.39 is 6.04 Å². The first kappa shape index (κ1) is 27.2. The minimum atomic E-state index is -0.668. The van der Waals surface area contributed by atoms with Gasteiger partial charge in [0.15, 0.2) is 5.78 Å². The Morgan fingerprint density at radius 3 is 2.36 bits per heavy atom. The van der Waals surface area contributed by atoms with Crippen LogP contribution in [-0.4, -0.2) is 43.0 Å². The van der Waals surface area contributed by atoms with Crippen molar-refractivity contribution in [2.24, 2.45) is 0 Å². The lowest BCUT2D eigenvalue weighted by atomic mass is 10.00. The molecule has 1 atom stereocenters. The predicted molar refractivity (Wildman–Crippen MR) is 155 cm³/mol. The number of nitrogens with one attached hydrogen (secondary N) is 1. The van der Waals surface area contributed by atoms with E-state index in [0.29, 0.717) is 29.8 Å². The number of carbonyl (C=O) groups excluding carboxylic acids is 2. The van der Waals surface area contributed by atoms with Crippen LogP contribution >= 0.6 is 0 Å². The molecular weight excluding hydrogens is 486 g/mol. The topological polar surface area (TPSA) is 71.5 Å². The van der Waals surface area contributed by atoms with Gasteiger partial charge in [0, 0.05) is 42.0 Å². The Hall–Kier alpha value is -4.89. The van der Waals surface area contributed by atoms with Gasteiger partial charge in [-0.1, -0.05) is 72.5 Å². The maximum atomic E-state index is 13.2. The van der Waals surface area contributed by atoms with E-state index in [1.165, 1.54) is 0 Å². The quantitative estimate of drug-likeness (QED) is 0.173. The highest BCUT2D eigenvalue weighted by Crippen LogP contribution is 2.22. The van der Waals surface area contributed by atoms with E-state index in [9.17, 15) is 9.59 Å². The smallest absolute Gasteiger partial charge is 0.328 e. The van der Waals surface area contributed by atoms with Crippen LogP contribution in [0.3, 0.4) is 0 Å². The number of carbonyl (C=O) groups is 2. The van der Waals surface area contributed by atoms with Crippen LogP contribution in [0.1, 0.15) is 34.0 Å². The molecule has 0 saturated carbocycles. The molecule has 196 valence electrons. The van der Waals surface area contributed by atoms with Crippen LogP contribution in [0.2, 0.25) is 0 Å². The molecule has 1 heterocycles. The lowest BCUT2D eigenvalue weighted by Gasteiger charge is -2.20. The van der Waals surface area contributed by atoms with Crippen molar-refractivity contribution in [2.75, 3.05) is 30.4 Å². The van der Waals surface area contributed by atoms with Crippen molar-refractivity contribution in [1.29, 1.82) is 0 Å². The van der Waals surface area contributed by atoms with Crippen LogP contribution < -0.4 is 10.2 Å². The summed E-state index contributed by atoms with van der Waals surface area (Å²) in [6, 6.07) is 29.2. The fraction of sp³-hybridized carbons (Fsp3) is 0.182. The third kappa shape index (κ3) is 7.56. The Kier molecular flexibility index (Phi) is 9.47. The third-order valence-corrected chi connectivity index (χ3v) is 6.09. The average molecular weight is 518 g/mol. The standard InChI is InChI=1S/C33H31N3O3/c1-3-39-33(38)30(35-29-16-8-7-15-28(29)32(37)27-13-5-4-6-14-27)24-26-20-18-25(19-21-26)12-11-23-36(2)31-17-9-10-22-34-31/h4-10,13-22,30,35H,3,23-24H2,1-2H3/t30-/m0/s1. The highest BCUT2D eigenvalue weighted by molar-refractivity contribution is 6.12. The summed E-state index contributed by atoms with van der Waals surface area (Å²) in [4.78, 5) is 32.4. The molecular formula is C33H31N3O3. The second-order valence-electron chi connectivity index (χ2n) is 8.94. The van der Waals surface area contributed by atoms with Crippen molar-refractivity contribution < 1.29 is 14.3 Å². The van der Waals surface area contributed by atoms with Gasteiger partial charge in [-0.25, -0.2) is 9.78 Å². The first-order chi connectivity index (χ1) is 19.0. The molecule has 6 nitrogen and oxygen atoms in total. The van der Waals surface area contributed by atoms with Gasteiger partial charge < -0.3 is 15.0 Å². The number of esters is 1. The number of nitrogens with zero attached hydrogens (tertiary/aromatic N) is 2. The summed E-state index contributed by atoms with van der Waals surface area (Å²) in [6.45, 7) is 2.60. The number of ether oxygens (including phenoxy) is 1. The van der Waals surface area contributed by atoms with Crippen LogP contribution in [0, 0.1) is 11.8 Å². The lowest BCUT2D eigenvalue weighted by Crippen LogP contribution is -2.34. The zero-order chi connectivity index (χ0) is 27.5. The normalized spacial score (nSPS) is 11.0. The molecule has 0 aliphatic carbocycles. The Morgan fingerprint density at radius 1 is 0.923 bits per heavy atom. The van der Waals surface area contributed by atoms with Gasteiger partial charge >= 0.3 is 5.97 Å². The van der Waals surface area contributed by atoms with E-state index in [-0.39, 0.29) is 18.4 Å². The summed E-state index contributed by atoms with van der Waals surface area (Å²) >= 11 is 0. The number of para-hydroxylation sites is 1. The van der Waals surface area contributed by atoms with Crippen molar-refractivity contribution in [3.8, 4) is 11.8 Å². The Bertz CT molecular complexity index is 1440. The van der Waals surface area contributed by atoms with Gasteiger partial charge in [-0.2, -0.15) is 0 Å². The van der Waals surface area contributed by atoms with Crippen molar-refractivity contribution in [3.05, 3.63) is 126 Å². The molecule has 0 unspecified atom stereocenters. The van der Waals surface area contributed by atoms with Gasteiger partial charge in [0.1, 0.15) is 11.9 Å². The van der Waals surface area contributed by atoms with Gasteiger partial charge in [-0.05, 0) is 48.9 Å². The summed E-state index contributed by atoms with van der Waals surface area (Å²) in [6.07, 6.45) is 2.15. The zero-order valence-electron chi connectivity index (χ0n) is 22.1. The van der Waals surface area contributed by atoms with Crippen molar-refractivity contribution in [1.82, 2.24) is 4.98 Å². The number of hydrogen-bond donors (Lipinski definition) is 1. The summed E-state index contributed by atoms with van der Waals surface area (Å²) in [5.74, 6) is 6.74. The maximum absolute atomic E-state index is 13.2. The molecule has 4 aromatic rings. The first-order valence-electron chi connectivity index (χ1n) is 12.9. The molecule has 0 saturated heterocycles. The van der Waals surface area contributed by atoms with Crippen molar-refractivity contribution >= 4 is 23.3 Å². The van der Waals surface area contributed by atoms with Gasteiger partial charge in [-0.15, -0.1) is 0 Å². The zero-order valence-corrected chi connectivity index (χ0v) is 22.1. The van der Waals surface area contributed by atoms with Crippen molar-refractivity contribution in [3.63, 3.8) is 0 Å². The molecule has 1 aromatic heterocycles. The van der Waals surface area contributed by atoms with E-state index in [1.807, 2.05) is 90.8 Å². The van der Waals surface area contributed by atoms with Crippen LogP contribution in [-0.2, 0) is 16.0 Å². The van der Waals surface area contributed by atoms with E-state index >= 15 is 0 Å². The molecule has 0 aliphatic heterocycles. The summed E-state index contributed by atoms with van der Waals surface area (Å²) in [7, 11) is 1.95. The maximum Gasteiger partial charge on any atom is 0.328 e. The molecule has 0 spiro atoms. The van der Waals surface area contributed by atoms with E-state index in [1.54, 1.807) is 31.3 Å². The van der Waals surface area contributed by atoms with E-state index in [0.717, 1.165) is 16.9 Å². The number of aromatic nitrogens is 1. The Balaban J connectivity index is 1.47. The first-order valence-corrected chi connectivity index (χ1v) is 12.9. The fourth-order valence-corrected chi connectivity index (χ4v) is 4.06. The van der Waals surface area contributed by atoms with Crippen LogP contribution in [0.5, 0.6) is 0 Å². The van der Waals surface area contributed by atoms with Crippen LogP contribution in [0.25, 0.3) is 0 Å². The molecule has 0 aliphatic rings. The van der Waals surface area contributed by atoms with E-state index in [4.69, 9.17) is 4.74 Å². The highest BCUT2D eigenvalue weighted by Gasteiger charge is 2.23. The largest absolute Gasteiger partial charge is 0.464 e. The van der Waals surface area contributed by atoms with Crippen molar-refractivity contribution in [2.45, 2.75) is 19.4 Å². The third-order valence-electron chi connectivity index (χ3n) is 6.09. The molecule has 0 amide bonds.